The molecule has 8 heteroatoms. The van der Waals surface area contributed by atoms with Gasteiger partial charge in [0.15, 0.2) is 0 Å². The molecule has 0 unspecified atom stereocenters. The standard InChI is InChI=1S/C10H14NO6P/c1-7-5-8(2)10(9(6-7)11(12)13)17-18(14,15-3)16-4/h5-6H,1-4H3. The third-order valence-corrected chi connectivity index (χ3v) is 3.55. The van der Waals surface area contributed by atoms with Gasteiger partial charge in [-0.25, -0.2) is 4.57 Å². The Morgan fingerprint density at radius 2 is 1.78 bits per heavy atom. The van der Waals surface area contributed by atoms with Crippen LogP contribution < -0.4 is 4.52 Å². The molecule has 0 aliphatic rings. The molecule has 0 amide bonds. The van der Waals surface area contributed by atoms with E-state index >= 15 is 0 Å². The van der Waals surface area contributed by atoms with Crippen LogP contribution >= 0.6 is 7.82 Å². The third kappa shape index (κ3) is 3.07. The monoisotopic (exact) mass is 275 g/mol. The van der Waals surface area contributed by atoms with Gasteiger partial charge in [-0.05, 0) is 25.0 Å². The Labute approximate surface area is 104 Å². The molecule has 0 atom stereocenters. The van der Waals surface area contributed by atoms with Crippen LogP contribution in [0.2, 0.25) is 0 Å². The summed E-state index contributed by atoms with van der Waals surface area (Å²) in [7, 11) is -1.54. The van der Waals surface area contributed by atoms with Crippen molar-refractivity contribution in [2.45, 2.75) is 13.8 Å². The fourth-order valence-corrected chi connectivity index (χ4v) is 2.21. The normalized spacial score (nSPS) is 11.3. The maximum atomic E-state index is 11.8. The summed E-state index contributed by atoms with van der Waals surface area (Å²) >= 11 is 0. The van der Waals surface area contributed by atoms with Gasteiger partial charge in [0.2, 0.25) is 5.75 Å². The lowest BCUT2D eigenvalue weighted by Crippen LogP contribution is -2.02. The van der Waals surface area contributed by atoms with E-state index in [0.29, 0.717) is 11.1 Å². The molecule has 0 N–H and O–H groups in total. The molecular weight excluding hydrogens is 261 g/mol. The van der Waals surface area contributed by atoms with Gasteiger partial charge in [-0.2, -0.15) is 0 Å². The number of phosphoric acid groups is 1. The van der Waals surface area contributed by atoms with Crippen molar-refractivity contribution in [2.75, 3.05) is 14.2 Å². The van der Waals surface area contributed by atoms with E-state index in [9.17, 15) is 14.7 Å². The van der Waals surface area contributed by atoms with Crippen molar-refractivity contribution in [3.05, 3.63) is 33.4 Å². The lowest BCUT2D eigenvalue weighted by Gasteiger charge is -2.16. The number of benzene rings is 1. The second-order valence-electron chi connectivity index (χ2n) is 3.59. The summed E-state index contributed by atoms with van der Waals surface area (Å²) in [6.07, 6.45) is 0. The van der Waals surface area contributed by atoms with E-state index in [0.717, 1.165) is 14.2 Å². The van der Waals surface area contributed by atoms with Gasteiger partial charge in [0.25, 0.3) is 0 Å². The molecule has 0 saturated heterocycles. The van der Waals surface area contributed by atoms with Crippen LogP contribution in [0, 0.1) is 24.0 Å². The van der Waals surface area contributed by atoms with Crippen molar-refractivity contribution < 1.29 is 23.1 Å². The zero-order valence-corrected chi connectivity index (χ0v) is 11.4. The van der Waals surface area contributed by atoms with Gasteiger partial charge in [0.05, 0.1) is 4.92 Å². The van der Waals surface area contributed by atoms with Gasteiger partial charge in [-0.3, -0.25) is 19.2 Å². The Kier molecular flexibility index (Phi) is 4.45. The van der Waals surface area contributed by atoms with Gasteiger partial charge in [-0.1, -0.05) is 6.07 Å². The average molecular weight is 275 g/mol. The Morgan fingerprint density at radius 1 is 1.22 bits per heavy atom. The highest BCUT2D eigenvalue weighted by atomic mass is 31.2. The van der Waals surface area contributed by atoms with E-state index in [2.05, 4.69) is 9.05 Å². The van der Waals surface area contributed by atoms with Crippen LogP contribution in [0.25, 0.3) is 0 Å². The van der Waals surface area contributed by atoms with Gasteiger partial charge in [0.1, 0.15) is 0 Å². The predicted octanol–water partition coefficient (Wildman–Crippen LogP) is 2.99. The van der Waals surface area contributed by atoms with E-state index in [-0.39, 0.29) is 11.4 Å². The smallest absolute Gasteiger partial charge is 0.396 e. The van der Waals surface area contributed by atoms with Crippen molar-refractivity contribution in [2.24, 2.45) is 0 Å². The second kappa shape index (κ2) is 5.48. The summed E-state index contributed by atoms with van der Waals surface area (Å²) < 4.78 is 26.1. The van der Waals surface area contributed by atoms with E-state index in [4.69, 9.17) is 4.52 Å². The fraction of sp³-hybridized carbons (Fsp3) is 0.400. The molecule has 0 radical (unpaired) electrons. The van der Waals surface area contributed by atoms with Crippen LogP contribution in [0.15, 0.2) is 12.1 Å². The first kappa shape index (κ1) is 14.6. The summed E-state index contributed by atoms with van der Waals surface area (Å²) in [6, 6.07) is 3.01. The summed E-state index contributed by atoms with van der Waals surface area (Å²) in [5.74, 6) is -0.113. The number of phosphoric ester groups is 1. The van der Waals surface area contributed by atoms with E-state index < -0.39 is 12.7 Å². The highest BCUT2D eigenvalue weighted by Crippen LogP contribution is 2.50. The average Bonchev–Trinajstić information content (AvgIpc) is 2.31. The third-order valence-electron chi connectivity index (χ3n) is 2.25. The molecule has 0 aliphatic heterocycles. The second-order valence-corrected chi connectivity index (χ2v) is 5.40. The number of hydrogen-bond donors (Lipinski definition) is 0. The molecule has 1 aromatic rings. The number of nitro benzene ring substituents is 1. The first-order valence-corrected chi connectivity index (χ1v) is 6.45. The zero-order chi connectivity index (χ0) is 13.9. The van der Waals surface area contributed by atoms with Gasteiger partial charge in [0, 0.05) is 20.3 Å². The minimum absolute atomic E-state index is 0.113. The topological polar surface area (TPSA) is 87.9 Å². The van der Waals surface area contributed by atoms with Crippen LogP contribution in [0.4, 0.5) is 5.69 Å². The van der Waals surface area contributed by atoms with Crippen molar-refractivity contribution >= 4 is 13.5 Å². The van der Waals surface area contributed by atoms with Gasteiger partial charge < -0.3 is 4.52 Å². The van der Waals surface area contributed by atoms with Crippen molar-refractivity contribution in [1.82, 2.24) is 0 Å². The first-order chi connectivity index (χ1) is 8.33. The Balaban J connectivity index is 3.31. The van der Waals surface area contributed by atoms with Crippen molar-refractivity contribution in [3.63, 3.8) is 0 Å². The summed E-state index contributed by atoms with van der Waals surface area (Å²) in [5.41, 5.74) is 0.911. The van der Waals surface area contributed by atoms with Crippen LogP contribution in [0.3, 0.4) is 0 Å². The minimum Gasteiger partial charge on any atom is -0.396 e. The molecule has 100 valence electrons. The lowest BCUT2D eigenvalue weighted by atomic mass is 10.1. The highest BCUT2D eigenvalue weighted by molar-refractivity contribution is 7.48. The number of hydrogen-bond acceptors (Lipinski definition) is 6. The zero-order valence-electron chi connectivity index (χ0n) is 10.5. The quantitative estimate of drug-likeness (QED) is 0.466. The molecule has 0 aromatic heterocycles. The van der Waals surface area contributed by atoms with Gasteiger partial charge >= 0.3 is 13.5 Å². The molecule has 0 saturated carbocycles. The summed E-state index contributed by atoms with van der Waals surface area (Å²) in [4.78, 5) is 10.3. The molecule has 1 aromatic carbocycles. The molecule has 0 fully saturated rings. The minimum atomic E-state index is -3.82. The number of aryl methyl sites for hydroxylation is 2. The molecule has 0 spiro atoms. The van der Waals surface area contributed by atoms with Crippen LogP contribution in [-0.4, -0.2) is 19.1 Å². The summed E-state index contributed by atoms with van der Waals surface area (Å²) in [6.45, 7) is 3.33. The largest absolute Gasteiger partial charge is 0.529 e. The van der Waals surface area contributed by atoms with Crippen LogP contribution in [-0.2, 0) is 13.6 Å². The molecule has 1 rings (SSSR count). The number of nitrogens with zero attached hydrogens (tertiary/aromatic N) is 1. The fourth-order valence-electron chi connectivity index (χ4n) is 1.45. The van der Waals surface area contributed by atoms with Crippen molar-refractivity contribution in [3.8, 4) is 5.75 Å². The SMILES string of the molecule is COP(=O)(OC)Oc1c(C)cc(C)cc1[N+](=O)[O-]. The molecule has 0 heterocycles. The molecular formula is C10H14NO6P. The van der Waals surface area contributed by atoms with E-state index in [1.807, 2.05) is 0 Å². The van der Waals surface area contributed by atoms with Gasteiger partial charge in [-0.15, -0.1) is 0 Å². The maximum Gasteiger partial charge on any atom is 0.529 e. The molecule has 18 heavy (non-hydrogen) atoms. The molecule has 7 nitrogen and oxygen atoms in total. The van der Waals surface area contributed by atoms with Crippen LogP contribution in [0.1, 0.15) is 11.1 Å². The number of rotatable bonds is 5. The van der Waals surface area contributed by atoms with E-state index in [1.54, 1.807) is 19.9 Å². The number of nitro groups is 1. The summed E-state index contributed by atoms with van der Waals surface area (Å²) in [5, 5.41) is 10.9. The predicted molar refractivity (Wildman–Crippen MR) is 64.8 cm³/mol. The molecule has 0 aliphatic carbocycles. The lowest BCUT2D eigenvalue weighted by molar-refractivity contribution is -0.385. The highest BCUT2D eigenvalue weighted by Gasteiger charge is 2.30. The maximum absolute atomic E-state index is 11.8. The van der Waals surface area contributed by atoms with E-state index in [1.165, 1.54) is 6.07 Å². The van der Waals surface area contributed by atoms with Crippen molar-refractivity contribution in [1.29, 1.82) is 0 Å². The molecule has 0 bridgehead atoms. The first-order valence-electron chi connectivity index (χ1n) is 4.99. The Morgan fingerprint density at radius 3 is 2.22 bits per heavy atom. The van der Waals surface area contributed by atoms with Crippen LogP contribution in [0.5, 0.6) is 5.75 Å². The Bertz CT molecular complexity index is 507. The Hall–Kier alpha value is -1.43.